The highest BCUT2D eigenvalue weighted by Crippen LogP contribution is 2.34. The highest BCUT2D eigenvalue weighted by molar-refractivity contribution is 6.05. The lowest BCUT2D eigenvalue weighted by Gasteiger charge is -2.20. The average molecular weight is 360 g/mol. The number of nitrogens with one attached hydrogen (secondary N) is 2. The smallest absolute Gasteiger partial charge is 0.328 e. The first-order chi connectivity index (χ1) is 12.0. The first kappa shape index (κ1) is 20.6. The van der Waals surface area contributed by atoms with Crippen LogP contribution < -0.4 is 10.6 Å². The second-order valence-corrected chi connectivity index (χ2v) is 5.57. The van der Waals surface area contributed by atoms with Crippen molar-refractivity contribution in [2.24, 2.45) is 0 Å². The minimum atomic E-state index is -1.23. The summed E-state index contributed by atoms with van der Waals surface area (Å²) < 4.78 is 0. The molecule has 0 aliphatic carbocycles. The monoisotopic (exact) mass is 360 g/mol. The number of amides is 2. The number of anilines is 2. The van der Waals surface area contributed by atoms with E-state index in [1.165, 1.54) is 0 Å². The molecule has 1 aromatic rings. The van der Waals surface area contributed by atoms with E-state index >= 15 is 0 Å². The highest BCUT2D eigenvalue weighted by atomic mass is 16.4. The maximum absolute atomic E-state index is 11.9. The highest BCUT2D eigenvalue weighted by Gasteiger charge is 2.17. The summed E-state index contributed by atoms with van der Waals surface area (Å²) in [6, 6.07) is 0. The molecule has 0 saturated heterocycles. The Morgan fingerprint density at radius 2 is 0.885 bits per heavy atom. The summed E-state index contributed by atoms with van der Waals surface area (Å²) in [5.41, 5.74) is 3.84. The number of carboxylic acids is 2. The predicted molar refractivity (Wildman–Crippen MR) is 96.2 cm³/mol. The normalized spacial score (nSPS) is 10.9. The Morgan fingerprint density at radius 1 is 0.615 bits per heavy atom. The molecule has 0 unspecified atom stereocenters. The van der Waals surface area contributed by atoms with E-state index in [4.69, 9.17) is 10.2 Å². The van der Waals surface area contributed by atoms with Gasteiger partial charge in [-0.15, -0.1) is 0 Å². The third-order valence-electron chi connectivity index (χ3n) is 3.88. The van der Waals surface area contributed by atoms with Crippen molar-refractivity contribution in [3.63, 3.8) is 0 Å². The molecule has 0 atom stereocenters. The minimum absolute atomic E-state index is 0.527. The molecule has 26 heavy (non-hydrogen) atoms. The molecular formula is C18H20N2O6. The molecular weight excluding hydrogens is 340 g/mol. The lowest BCUT2D eigenvalue weighted by Crippen LogP contribution is -2.16. The lowest BCUT2D eigenvalue weighted by molar-refractivity contribution is -0.132. The van der Waals surface area contributed by atoms with Crippen molar-refractivity contribution in [2.75, 3.05) is 10.6 Å². The molecule has 0 aromatic heterocycles. The van der Waals surface area contributed by atoms with Crippen LogP contribution in [0.5, 0.6) is 0 Å². The summed E-state index contributed by atoms with van der Waals surface area (Å²) in [7, 11) is 0. The van der Waals surface area contributed by atoms with E-state index in [1.807, 2.05) is 0 Å². The summed E-state index contributed by atoms with van der Waals surface area (Å²) in [4.78, 5) is 44.7. The minimum Gasteiger partial charge on any atom is -0.478 e. The van der Waals surface area contributed by atoms with Gasteiger partial charge in [0.25, 0.3) is 0 Å². The quantitative estimate of drug-likeness (QED) is 0.574. The van der Waals surface area contributed by atoms with Gasteiger partial charge in [0.05, 0.1) is 0 Å². The Morgan fingerprint density at radius 3 is 1.12 bits per heavy atom. The fourth-order valence-corrected chi connectivity index (χ4v) is 2.31. The van der Waals surface area contributed by atoms with Crippen LogP contribution in [0.1, 0.15) is 22.3 Å². The summed E-state index contributed by atoms with van der Waals surface area (Å²) in [6.45, 7) is 7.00. The van der Waals surface area contributed by atoms with Gasteiger partial charge in [-0.1, -0.05) is 0 Å². The van der Waals surface area contributed by atoms with Gasteiger partial charge in [-0.25, -0.2) is 9.59 Å². The fraction of sp³-hybridized carbons (Fsp3) is 0.222. The van der Waals surface area contributed by atoms with E-state index in [0.29, 0.717) is 33.6 Å². The van der Waals surface area contributed by atoms with Crippen LogP contribution in [0.2, 0.25) is 0 Å². The molecule has 1 rings (SSSR count). The van der Waals surface area contributed by atoms with Crippen molar-refractivity contribution in [1.82, 2.24) is 0 Å². The molecule has 8 heteroatoms. The van der Waals surface area contributed by atoms with Gasteiger partial charge < -0.3 is 20.8 Å². The molecule has 138 valence electrons. The molecule has 0 spiro atoms. The Kier molecular flexibility index (Phi) is 6.83. The Bertz CT molecular complexity index is 739. The molecule has 2 amide bonds. The average Bonchev–Trinajstić information content (AvgIpc) is 2.57. The third kappa shape index (κ3) is 5.30. The third-order valence-corrected chi connectivity index (χ3v) is 3.88. The predicted octanol–water partition coefficient (Wildman–Crippen LogP) is 2.08. The molecule has 0 saturated carbocycles. The molecule has 0 aliphatic rings. The van der Waals surface area contributed by atoms with E-state index in [2.05, 4.69) is 10.6 Å². The van der Waals surface area contributed by atoms with Gasteiger partial charge in [-0.05, 0) is 49.9 Å². The van der Waals surface area contributed by atoms with Crippen molar-refractivity contribution in [1.29, 1.82) is 0 Å². The SMILES string of the molecule is Cc1c(C)c(NC(=O)/C=C\C(=O)O)c(C)c(C)c1NC(=O)/C=C\C(=O)O. The van der Waals surface area contributed by atoms with Crippen LogP contribution in [0.4, 0.5) is 11.4 Å². The molecule has 4 N–H and O–H groups in total. The van der Waals surface area contributed by atoms with Gasteiger partial charge in [0.1, 0.15) is 0 Å². The molecule has 0 aliphatic heterocycles. The van der Waals surface area contributed by atoms with Crippen LogP contribution in [0, 0.1) is 27.7 Å². The van der Waals surface area contributed by atoms with Crippen LogP contribution in [0.3, 0.4) is 0 Å². The second kappa shape index (κ2) is 8.61. The maximum atomic E-state index is 11.9. The van der Waals surface area contributed by atoms with Crippen LogP contribution in [-0.2, 0) is 19.2 Å². The van der Waals surface area contributed by atoms with Gasteiger partial charge in [-0.2, -0.15) is 0 Å². The zero-order valence-electron chi connectivity index (χ0n) is 14.8. The number of carbonyl (C=O) groups is 4. The summed E-state index contributed by atoms with van der Waals surface area (Å²) in [5.74, 6) is -3.63. The zero-order chi connectivity index (χ0) is 20.0. The van der Waals surface area contributed by atoms with Crippen LogP contribution in [0.15, 0.2) is 24.3 Å². The van der Waals surface area contributed by atoms with Crippen molar-refractivity contribution in [3.8, 4) is 0 Å². The number of carboxylic acid groups (broad SMARTS) is 2. The topological polar surface area (TPSA) is 133 Å². The second-order valence-electron chi connectivity index (χ2n) is 5.57. The number of rotatable bonds is 6. The van der Waals surface area contributed by atoms with E-state index < -0.39 is 23.8 Å². The van der Waals surface area contributed by atoms with Gasteiger partial charge in [0, 0.05) is 35.7 Å². The Labute approximate surface area is 150 Å². The van der Waals surface area contributed by atoms with Crippen molar-refractivity contribution >= 4 is 35.1 Å². The van der Waals surface area contributed by atoms with Crippen LogP contribution in [-0.4, -0.2) is 34.0 Å². The summed E-state index contributed by atoms with van der Waals surface area (Å²) in [6.07, 6.45) is 3.31. The number of carbonyl (C=O) groups excluding carboxylic acids is 2. The van der Waals surface area contributed by atoms with E-state index in [-0.39, 0.29) is 0 Å². The van der Waals surface area contributed by atoms with E-state index in [0.717, 1.165) is 24.3 Å². The van der Waals surface area contributed by atoms with Gasteiger partial charge in [0.2, 0.25) is 11.8 Å². The van der Waals surface area contributed by atoms with Crippen molar-refractivity contribution in [2.45, 2.75) is 27.7 Å². The summed E-state index contributed by atoms with van der Waals surface area (Å²) in [5, 5.41) is 22.4. The standard InChI is InChI=1S/C18H20N2O6/c1-9-10(2)18(20-14(22)6-8-16(25)26)12(4)11(3)17(9)19-13(21)5-7-15(23)24/h5-8H,1-4H3,(H,19,21)(H,20,22)(H,23,24)(H,25,26)/b7-5-,8-6-. The molecule has 0 heterocycles. The Balaban J connectivity index is 3.20. The van der Waals surface area contributed by atoms with Crippen molar-refractivity contribution in [3.05, 3.63) is 46.6 Å². The van der Waals surface area contributed by atoms with E-state index in [9.17, 15) is 19.2 Å². The number of hydrogen-bond acceptors (Lipinski definition) is 4. The molecule has 1 aromatic carbocycles. The molecule has 0 radical (unpaired) electrons. The molecule has 0 fully saturated rings. The van der Waals surface area contributed by atoms with Gasteiger partial charge >= 0.3 is 11.9 Å². The van der Waals surface area contributed by atoms with Gasteiger partial charge in [0.15, 0.2) is 0 Å². The molecule has 8 nitrogen and oxygen atoms in total. The lowest BCUT2D eigenvalue weighted by atomic mass is 9.95. The van der Waals surface area contributed by atoms with Crippen LogP contribution in [0.25, 0.3) is 0 Å². The number of hydrogen-bond donors (Lipinski definition) is 4. The largest absolute Gasteiger partial charge is 0.478 e. The maximum Gasteiger partial charge on any atom is 0.328 e. The Hall–Kier alpha value is -3.42. The van der Waals surface area contributed by atoms with Crippen molar-refractivity contribution < 1.29 is 29.4 Å². The first-order valence-electron chi connectivity index (χ1n) is 7.59. The number of benzene rings is 1. The van der Waals surface area contributed by atoms with Crippen LogP contribution >= 0.6 is 0 Å². The summed E-state index contributed by atoms with van der Waals surface area (Å²) >= 11 is 0. The zero-order valence-corrected chi connectivity index (χ0v) is 14.8. The van der Waals surface area contributed by atoms with E-state index in [1.54, 1.807) is 27.7 Å². The fourth-order valence-electron chi connectivity index (χ4n) is 2.31. The molecule has 0 bridgehead atoms. The van der Waals surface area contributed by atoms with Gasteiger partial charge in [-0.3, -0.25) is 9.59 Å². The first-order valence-corrected chi connectivity index (χ1v) is 7.59. The number of aliphatic carboxylic acids is 2.